The molecule has 10 nitrogen and oxygen atoms in total. The fourth-order valence-corrected chi connectivity index (χ4v) is 0. The van der Waals surface area contributed by atoms with Crippen LogP contribution in [0.15, 0.2) is 0 Å². The van der Waals surface area contributed by atoms with Crippen molar-refractivity contribution in [3.63, 3.8) is 0 Å². The summed E-state index contributed by atoms with van der Waals surface area (Å²) in [6.45, 7) is 0. The van der Waals surface area contributed by atoms with Crippen LogP contribution in [0.4, 0.5) is 0 Å². The maximum atomic E-state index is 8.24. The van der Waals surface area contributed by atoms with E-state index in [0.29, 0.717) is 0 Å². The van der Waals surface area contributed by atoms with Crippen LogP contribution in [0.5, 0.6) is 0 Å². The molecule has 0 saturated heterocycles. The zero-order chi connectivity index (χ0) is 13.5. The summed E-state index contributed by atoms with van der Waals surface area (Å²) in [6, 6.07) is 0. The van der Waals surface area contributed by atoms with Crippen molar-refractivity contribution in [2.75, 3.05) is 0 Å². The number of rotatable bonds is 0. The zero-order valence-electron chi connectivity index (χ0n) is 6.42. The Kier molecular flexibility index (Phi) is 203. The molecule has 0 aromatic carbocycles. The van der Waals surface area contributed by atoms with Gasteiger partial charge >= 0.3 is 24.4 Å². The van der Waals surface area contributed by atoms with Crippen molar-refractivity contribution in [2.24, 2.45) is 0 Å². The van der Waals surface area contributed by atoms with Crippen LogP contribution in [0, 0.1) is 56.6 Å². The Morgan fingerprint density at radius 1 is 0.312 bits per heavy atom. The van der Waals surface area contributed by atoms with E-state index in [1.165, 1.54) is 0 Å². The summed E-state index contributed by atoms with van der Waals surface area (Å²) in [5.74, 6) is 0. The molecule has 0 fully saturated rings. The Morgan fingerprint density at radius 3 is 0.312 bits per heavy atom. The van der Waals surface area contributed by atoms with Gasteiger partial charge in [0.1, 0.15) is 0 Å². The van der Waals surface area contributed by atoms with Crippen LogP contribution >= 0.6 is 0 Å². The Labute approximate surface area is 127 Å². The van der Waals surface area contributed by atoms with Crippen LogP contribution in [-0.2, 0) is 0 Å². The second-order valence-corrected chi connectivity index (χ2v) is 0.945. The molecule has 16 heteroatoms. The average molecular weight is 459 g/mol. The van der Waals surface area contributed by atoms with Crippen molar-refractivity contribution in [1.82, 2.24) is 0 Å². The molecule has 0 aliphatic heterocycles. The van der Waals surface area contributed by atoms with Gasteiger partial charge < -0.3 is 46.6 Å². The summed E-state index contributed by atoms with van der Waals surface area (Å²) < 4.78 is 82.4. The molecule has 0 N–H and O–H groups in total. The van der Waals surface area contributed by atoms with Crippen molar-refractivity contribution >= 4 is 24.4 Å². The SMILES string of the molecule is [O-][Cl+][O-].[O-][Cl+][O-].[O-][Cl+][O-].[O-][Cl+][O-].[O-][Cl+][O-].[Sb+5]. The van der Waals surface area contributed by atoms with E-state index < -0.39 is 56.6 Å². The average Bonchev–Trinajstić information content (AvgIpc) is 2.09. The Bertz CT molecular complexity index is 30.8. The predicted molar refractivity (Wildman–Crippen MR) is 5.75 cm³/mol. The molecule has 0 heterocycles. The second-order valence-electron chi connectivity index (χ2n) is 0.315. The molecule has 0 unspecified atom stereocenters. The Hall–Kier alpha value is 1.87. The van der Waals surface area contributed by atoms with Gasteiger partial charge in [0.25, 0.3) is 0 Å². The molecule has 0 rings (SSSR count). The molecule has 0 saturated carbocycles. The minimum absolute atomic E-state index is 0. The van der Waals surface area contributed by atoms with Crippen LogP contribution in [0.1, 0.15) is 0 Å². The molecule has 0 radical (unpaired) electrons. The molecular formula is Cl5O10Sb. The fourth-order valence-electron chi connectivity index (χ4n) is 0. The van der Waals surface area contributed by atoms with Gasteiger partial charge in [-0.1, -0.05) is 0 Å². The van der Waals surface area contributed by atoms with Crippen LogP contribution < -0.4 is 46.6 Å². The van der Waals surface area contributed by atoms with E-state index in [0.717, 1.165) is 0 Å². The number of halogens is 5. The van der Waals surface area contributed by atoms with E-state index in [1.54, 1.807) is 0 Å². The van der Waals surface area contributed by atoms with Gasteiger partial charge in [0.05, 0.1) is 56.6 Å². The van der Waals surface area contributed by atoms with E-state index >= 15 is 0 Å². The van der Waals surface area contributed by atoms with E-state index in [4.69, 9.17) is 46.6 Å². The van der Waals surface area contributed by atoms with Crippen molar-refractivity contribution in [2.45, 2.75) is 0 Å². The van der Waals surface area contributed by atoms with E-state index in [1.807, 2.05) is 0 Å². The Morgan fingerprint density at radius 2 is 0.312 bits per heavy atom. The molecule has 0 amide bonds. The Balaban J connectivity index is -0.0000000192. The maximum Gasteiger partial charge on any atom is 5.00 e. The second kappa shape index (κ2) is 90.0. The first-order valence-corrected chi connectivity index (χ1v) is 4.63. The van der Waals surface area contributed by atoms with Crippen molar-refractivity contribution in [1.29, 1.82) is 0 Å². The standard InChI is InChI=1S/5ClO2.Sb/c5*2-1-3;/q5*-1;+5. The molecule has 0 bridgehead atoms. The van der Waals surface area contributed by atoms with Crippen LogP contribution in [0.25, 0.3) is 0 Å². The van der Waals surface area contributed by atoms with Gasteiger partial charge in [0, 0.05) is 0 Å². The van der Waals surface area contributed by atoms with Gasteiger partial charge in [-0.05, 0) is 0 Å². The van der Waals surface area contributed by atoms with Gasteiger partial charge in [-0.2, -0.15) is 0 Å². The van der Waals surface area contributed by atoms with Gasteiger partial charge in [0.2, 0.25) is 0 Å². The van der Waals surface area contributed by atoms with Crippen molar-refractivity contribution in [3.05, 3.63) is 0 Å². The molecule has 0 aliphatic carbocycles. The summed E-state index contributed by atoms with van der Waals surface area (Å²) in [5.41, 5.74) is 0. The molecule has 0 aromatic rings. The summed E-state index contributed by atoms with van der Waals surface area (Å²) in [4.78, 5) is 0. The minimum atomic E-state index is -0.417. The normalized spacial score (nSPS) is 5.62. The number of hydrogen-bond acceptors (Lipinski definition) is 10. The summed E-state index contributed by atoms with van der Waals surface area (Å²) >= 11 is -2.08. The third kappa shape index (κ3) is 1010. The van der Waals surface area contributed by atoms with E-state index in [2.05, 4.69) is 0 Å². The third-order valence-corrected chi connectivity index (χ3v) is 0. The molecular weight excluding hydrogens is 459 g/mol. The smallest absolute Gasteiger partial charge is 0.544 e. The van der Waals surface area contributed by atoms with Gasteiger partial charge in [0.15, 0.2) is 0 Å². The van der Waals surface area contributed by atoms with Gasteiger partial charge in [-0.15, -0.1) is 0 Å². The first-order valence-electron chi connectivity index (χ1n) is 1.54. The zero-order valence-corrected chi connectivity index (χ0v) is 12.8. The van der Waals surface area contributed by atoms with Crippen LogP contribution in [-0.4, -0.2) is 24.4 Å². The summed E-state index contributed by atoms with van der Waals surface area (Å²) in [7, 11) is 0. The molecule has 16 heavy (non-hydrogen) atoms. The van der Waals surface area contributed by atoms with Crippen LogP contribution in [0.3, 0.4) is 0 Å². The molecule has 0 atom stereocenters. The van der Waals surface area contributed by atoms with Crippen molar-refractivity contribution in [3.8, 4) is 0 Å². The topological polar surface area (TPSA) is 231 Å². The summed E-state index contributed by atoms with van der Waals surface area (Å²) in [5, 5.41) is 0. The first kappa shape index (κ1) is 36.1. The molecule has 100 valence electrons. The van der Waals surface area contributed by atoms with Gasteiger partial charge in [-0.3, -0.25) is 0 Å². The largest absolute Gasteiger partial charge is 5.00 e. The number of hydrogen-bond donors (Lipinski definition) is 0. The van der Waals surface area contributed by atoms with E-state index in [-0.39, 0.29) is 24.4 Å². The first-order chi connectivity index (χ1) is 7.07. The quantitative estimate of drug-likeness (QED) is 0.310. The van der Waals surface area contributed by atoms with Gasteiger partial charge in [-0.25, -0.2) is 0 Å². The molecule has 0 spiro atoms. The predicted octanol–water partition coefficient (Wildman–Crippen LogP) is -12.3. The molecule has 0 aromatic heterocycles. The monoisotopic (exact) mass is 456 g/mol. The minimum Gasteiger partial charge on any atom is -0.544 e. The fraction of sp³-hybridized carbons (Fsp3) is 0. The molecule has 0 aliphatic rings. The van der Waals surface area contributed by atoms with Crippen molar-refractivity contribution < 1.29 is 103 Å². The van der Waals surface area contributed by atoms with Crippen LogP contribution in [0.2, 0.25) is 0 Å². The maximum absolute atomic E-state index is 8.24. The summed E-state index contributed by atoms with van der Waals surface area (Å²) in [6.07, 6.45) is 0. The van der Waals surface area contributed by atoms with E-state index in [9.17, 15) is 0 Å². The third-order valence-electron chi connectivity index (χ3n) is 0.